The normalized spacial score (nSPS) is 26.9. The second-order valence-electron chi connectivity index (χ2n) is 6.07. The van der Waals surface area contributed by atoms with Gasteiger partial charge in [-0.1, -0.05) is 6.42 Å². The minimum absolute atomic E-state index is 0.0231. The van der Waals surface area contributed by atoms with Crippen molar-refractivity contribution in [3.8, 4) is 5.75 Å². The highest BCUT2D eigenvalue weighted by molar-refractivity contribution is 5.30. The maximum absolute atomic E-state index is 13.0. The molecule has 0 spiro atoms. The summed E-state index contributed by atoms with van der Waals surface area (Å²) in [6.45, 7) is 3.76. The molecular weight excluding hydrogens is 281 g/mol. The molecule has 3 nitrogen and oxygen atoms in total. The summed E-state index contributed by atoms with van der Waals surface area (Å²) in [5.74, 6) is -0.799. The number of halogens is 3. The second kappa shape index (κ2) is 5.83. The Kier molecular flexibility index (Phi) is 4.46. The molecular formula is C15H21F3N2O. The first-order chi connectivity index (χ1) is 9.71. The Bertz CT molecular complexity index is 490. The lowest BCUT2D eigenvalue weighted by atomic mass is 9.72. The number of pyridine rings is 1. The maximum Gasteiger partial charge on any atom is 0.391 e. The number of hydrogen-bond donors (Lipinski definition) is 1. The van der Waals surface area contributed by atoms with Crippen molar-refractivity contribution in [1.82, 2.24) is 4.98 Å². The quantitative estimate of drug-likeness (QED) is 0.924. The number of rotatable bonds is 3. The number of hydrogen-bond acceptors (Lipinski definition) is 3. The van der Waals surface area contributed by atoms with Crippen LogP contribution in [0, 0.1) is 5.92 Å². The Labute approximate surface area is 122 Å². The largest absolute Gasteiger partial charge is 0.489 e. The zero-order valence-corrected chi connectivity index (χ0v) is 12.3. The van der Waals surface area contributed by atoms with E-state index in [4.69, 9.17) is 10.5 Å². The standard InChI is InChI=1S/C15H21F3N2O/c1-10(2)21-13-6-12(8-20-9-13)14(19)5-3-4-11(7-14)15(16,17)18/h6,8-11H,3-5,7,19H2,1-2H3. The topological polar surface area (TPSA) is 48.1 Å². The molecule has 0 radical (unpaired) electrons. The minimum atomic E-state index is -4.19. The van der Waals surface area contributed by atoms with Crippen molar-refractivity contribution in [2.75, 3.05) is 0 Å². The molecule has 1 aliphatic rings. The third-order valence-electron chi connectivity index (χ3n) is 3.91. The minimum Gasteiger partial charge on any atom is -0.489 e. The van der Waals surface area contributed by atoms with Gasteiger partial charge in [-0.15, -0.1) is 0 Å². The summed E-state index contributed by atoms with van der Waals surface area (Å²) in [7, 11) is 0. The fourth-order valence-electron chi connectivity index (χ4n) is 2.88. The van der Waals surface area contributed by atoms with Crippen molar-refractivity contribution in [3.63, 3.8) is 0 Å². The van der Waals surface area contributed by atoms with E-state index in [1.54, 1.807) is 18.5 Å². The van der Waals surface area contributed by atoms with Gasteiger partial charge in [0.1, 0.15) is 5.75 Å². The van der Waals surface area contributed by atoms with E-state index in [1.165, 1.54) is 0 Å². The van der Waals surface area contributed by atoms with E-state index < -0.39 is 17.6 Å². The molecule has 2 N–H and O–H groups in total. The molecule has 2 atom stereocenters. The summed E-state index contributed by atoms with van der Waals surface area (Å²) in [4.78, 5) is 4.06. The van der Waals surface area contributed by atoms with Gasteiger partial charge in [0.05, 0.1) is 18.2 Å². The smallest absolute Gasteiger partial charge is 0.391 e. The fourth-order valence-corrected chi connectivity index (χ4v) is 2.88. The van der Waals surface area contributed by atoms with Crippen molar-refractivity contribution in [2.45, 2.75) is 57.3 Å². The van der Waals surface area contributed by atoms with E-state index in [1.807, 2.05) is 13.8 Å². The van der Waals surface area contributed by atoms with Crippen molar-refractivity contribution in [3.05, 3.63) is 24.0 Å². The summed E-state index contributed by atoms with van der Waals surface area (Å²) in [6.07, 6.45) is -0.0538. The molecule has 1 heterocycles. The molecule has 21 heavy (non-hydrogen) atoms. The van der Waals surface area contributed by atoms with E-state index in [-0.39, 0.29) is 18.9 Å². The SMILES string of the molecule is CC(C)Oc1cncc(C2(N)CCCC(C(F)(F)F)C2)c1. The second-order valence-corrected chi connectivity index (χ2v) is 6.07. The van der Waals surface area contributed by atoms with Gasteiger partial charge >= 0.3 is 6.18 Å². The highest BCUT2D eigenvalue weighted by Gasteiger charge is 2.46. The van der Waals surface area contributed by atoms with E-state index in [0.29, 0.717) is 24.2 Å². The molecule has 0 aromatic carbocycles. The van der Waals surface area contributed by atoms with Crippen molar-refractivity contribution in [2.24, 2.45) is 11.7 Å². The van der Waals surface area contributed by atoms with Gasteiger partial charge in [-0.2, -0.15) is 13.2 Å². The first kappa shape index (κ1) is 16.1. The van der Waals surface area contributed by atoms with Crippen LogP contribution in [0.2, 0.25) is 0 Å². The van der Waals surface area contributed by atoms with Crippen LogP contribution >= 0.6 is 0 Å². The zero-order valence-electron chi connectivity index (χ0n) is 12.3. The molecule has 1 saturated carbocycles. The Hall–Kier alpha value is -1.30. The third-order valence-corrected chi connectivity index (χ3v) is 3.91. The zero-order chi connectivity index (χ0) is 15.7. The molecule has 118 valence electrons. The Morgan fingerprint density at radius 3 is 2.71 bits per heavy atom. The van der Waals surface area contributed by atoms with Crippen LogP contribution in [0.5, 0.6) is 5.75 Å². The number of aromatic nitrogens is 1. The Morgan fingerprint density at radius 1 is 1.38 bits per heavy atom. The number of ether oxygens (including phenoxy) is 1. The summed E-state index contributed by atoms with van der Waals surface area (Å²) in [6, 6.07) is 1.71. The average molecular weight is 302 g/mol. The molecule has 6 heteroatoms. The lowest BCUT2D eigenvalue weighted by Crippen LogP contribution is -2.45. The molecule has 1 aromatic heterocycles. The van der Waals surface area contributed by atoms with Gasteiger partial charge in [0.25, 0.3) is 0 Å². The van der Waals surface area contributed by atoms with E-state index in [0.717, 1.165) is 0 Å². The lowest BCUT2D eigenvalue weighted by Gasteiger charge is -2.39. The number of alkyl halides is 3. The molecule has 2 unspecified atom stereocenters. The third kappa shape index (κ3) is 3.87. The van der Waals surface area contributed by atoms with Crippen LogP contribution in [0.1, 0.15) is 45.1 Å². The van der Waals surface area contributed by atoms with Gasteiger partial charge in [-0.05, 0) is 44.7 Å². The van der Waals surface area contributed by atoms with Gasteiger partial charge in [0.2, 0.25) is 0 Å². The van der Waals surface area contributed by atoms with Crippen molar-refractivity contribution < 1.29 is 17.9 Å². The summed E-state index contributed by atoms with van der Waals surface area (Å²) in [5.41, 5.74) is 5.91. The van der Waals surface area contributed by atoms with Crippen LogP contribution in [0.3, 0.4) is 0 Å². The van der Waals surface area contributed by atoms with Crippen LogP contribution in [-0.4, -0.2) is 17.3 Å². The van der Waals surface area contributed by atoms with E-state index in [9.17, 15) is 13.2 Å². The maximum atomic E-state index is 13.0. The molecule has 1 aromatic rings. The van der Waals surface area contributed by atoms with Crippen molar-refractivity contribution in [1.29, 1.82) is 0 Å². The van der Waals surface area contributed by atoms with Crippen LogP contribution in [-0.2, 0) is 5.54 Å². The van der Waals surface area contributed by atoms with Crippen molar-refractivity contribution >= 4 is 0 Å². The molecule has 0 aliphatic heterocycles. The molecule has 1 aliphatic carbocycles. The fraction of sp³-hybridized carbons (Fsp3) is 0.667. The van der Waals surface area contributed by atoms with Crippen LogP contribution in [0.25, 0.3) is 0 Å². The first-order valence-electron chi connectivity index (χ1n) is 7.18. The van der Waals surface area contributed by atoms with E-state index in [2.05, 4.69) is 4.98 Å². The average Bonchev–Trinajstić information content (AvgIpc) is 2.37. The molecule has 0 saturated heterocycles. The van der Waals surface area contributed by atoms with Gasteiger partial charge < -0.3 is 10.5 Å². The van der Waals surface area contributed by atoms with E-state index >= 15 is 0 Å². The highest BCUT2D eigenvalue weighted by atomic mass is 19.4. The molecule has 0 amide bonds. The van der Waals surface area contributed by atoms with Gasteiger partial charge in [-0.3, -0.25) is 4.98 Å². The molecule has 2 rings (SSSR count). The van der Waals surface area contributed by atoms with Gasteiger partial charge in [0.15, 0.2) is 0 Å². The Morgan fingerprint density at radius 2 is 2.10 bits per heavy atom. The monoisotopic (exact) mass is 302 g/mol. The first-order valence-corrected chi connectivity index (χ1v) is 7.18. The number of nitrogens with zero attached hydrogens (tertiary/aromatic N) is 1. The summed E-state index contributed by atoms with van der Waals surface area (Å²) in [5, 5.41) is 0. The lowest BCUT2D eigenvalue weighted by molar-refractivity contribution is -0.187. The highest BCUT2D eigenvalue weighted by Crippen LogP contribution is 2.45. The van der Waals surface area contributed by atoms with Crippen LogP contribution in [0.15, 0.2) is 18.5 Å². The summed E-state index contributed by atoms with van der Waals surface area (Å²) < 4.78 is 44.4. The van der Waals surface area contributed by atoms with Gasteiger partial charge in [-0.25, -0.2) is 0 Å². The predicted molar refractivity (Wildman–Crippen MR) is 73.9 cm³/mol. The number of nitrogens with two attached hydrogens (primary N) is 1. The van der Waals surface area contributed by atoms with Crippen LogP contribution < -0.4 is 10.5 Å². The molecule has 1 fully saturated rings. The predicted octanol–water partition coefficient (Wildman–Crippen LogP) is 3.78. The van der Waals surface area contributed by atoms with Gasteiger partial charge in [0, 0.05) is 11.7 Å². The Balaban J connectivity index is 2.23. The van der Waals surface area contributed by atoms with Crippen LogP contribution in [0.4, 0.5) is 13.2 Å². The molecule has 0 bridgehead atoms. The summed E-state index contributed by atoms with van der Waals surface area (Å²) >= 11 is 0.